The summed E-state index contributed by atoms with van der Waals surface area (Å²) in [4.78, 5) is 30.3. The molecule has 2 aromatic rings. The first kappa shape index (κ1) is 30.2. The number of nitro groups is 1. The SMILES string of the molecule is C.COc1cc(NC2CCN(C(=O)CCN3CCN(c4ccc(C(C)(C)C)cc4)CC3)CC2)ccc1[N+](=O)[O-]. The third-order valence-electron chi connectivity index (χ3n) is 7.71. The van der Waals surface area contributed by atoms with Crippen molar-refractivity contribution in [1.29, 1.82) is 0 Å². The van der Waals surface area contributed by atoms with Crippen molar-refractivity contribution in [1.82, 2.24) is 9.80 Å². The van der Waals surface area contributed by atoms with E-state index in [9.17, 15) is 14.9 Å². The maximum absolute atomic E-state index is 12.9. The van der Waals surface area contributed by atoms with Gasteiger partial charge in [-0.15, -0.1) is 0 Å². The Balaban J connectivity index is 0.00000420. The second-order valence-corrected chi connectivity index (χ2v) is 11.3. The molecule has 2 heterocycles. The van der Waals surface area contributed by atoms with Crippen LogP contribution in [0.5, 0.6) is 5.75 Å². The highest BCUT2D eigenvalue weighted by atomic mass is 16.6. The van der Waals surface area contributed by atoms with E-state index < -0.39 is 4.92 Å². The van der Waals surface area contributed by atoms with E-state index in [1.54, 1.807) is 12.1 Å². The van der Waals surface area contributed by atoms with Crippen LogP contribution in [0.25, 0.3) is 0 Å². The van der Waals surface area contributed by atoms with Gasteiger partial charge in [-0.25, -0.2) is 0 Å². The third kappa shape index (κ3) is 7.85. The quantitative estimate of drug-likeness (QED) is 0.366. The highest BCUT2D eigenvalue weighted by Crippen LogP contribution is 2.31. The van der Waals surface area contributed by atoms with Gasteiger partial charge in [0.15, 0.2) is 5.75 Å². The van der Waals surface area contributed by atoms with Crippen molar-refractivity contribution in [2.24, 2.45) is 0 Å². The van der Waals surface area contributed by atoms with Crippen molar-refractivity contribution < 1.29 is 14.5 Å². The van der Waals surface area contributed by atoms with E-state index in [0.717, 1.165) is 64.3 Å². The summed E-state index contributed by atoms with van der Waals surface area (Å²) in [6.07, 6.45) is 2.24. The average Bonchev–Trinajstić information content (AvgIpc) is 2.92. The molecule has 4 rings (SSSR count). The predicted octanol–water partition coefficient (Wildman–Crippen LogP) is 5.15. The number of nitrogens with zero attached hydrogens (tertiary/aromatic N) is 4. The predicted molar refractivity (Wildman–Crippen MR) is 158 cm³/mol. The zero-order valence-corrected chi connectivity index (χ0v) is 23.1. The van der Waals surface area contributed by atoms with Crippen LogP contribution in [0.4, 0.5) is 17.1 Å². The number of hydrogen-bond acceptors (Lipinski definition) is 7. The van der Waals surface area contributed by atoms with E-state index in [-0.39, 0.29) is 36.2 Å². The van der Waals surface area contributed by atoms with E-state index in [0.29, 0.717) is 6.42 Å². The number of carbonyl (C=O) groups is 1. The van der Waals surface area contributed by atoms with Crippen LogP contribution in [0.3, 0.4) is 0 Å². The molecule has 1 amide bonds. The van der Waals surface area contributed by atoms with Gasteiger partial charge in [0.1, 0.15) is 0 Å². The Morgan fingerprint density at radius 2 is 1.67 bits per heavy atom. The fraction of sp³-hybridized carbons (Fsp3) is 0.567. The van der Waals surface area contributed by atoms with Crippen LogP contribution < -0.4 is 15.0 Å². The molecule has 2 aliphatic heterocycles. The average molecular weight is 540 g/mol. The number of benzene rings is 2. The number of rotatable bonds is 8. The van der Waals surface area contributed by atoms with Crippen LogP contribution >= 0.6 is 0 Å². The van der Waals surface area contributed by atoms with Gasteiger partial charge < -0.3 is 19.9 Å². The lowest BCUT2D eigenvalue weighted by atomic mass is 9.87. The molecule has 39 heavy (non-hydrogen) atoms. The number of nitrogens with one attached hydrogen (secondary N) is 1. The molecule has 2 saturated heterocycles. The Hall–Kier alpha value is -3.33. The number of hydrogen-bond donors (Lipinski definition) is 1. The Morgan fingerprint density at radius 1 is 1.03 bits per heavy atom. The van der Waals surface area contributed by atoms with Crippen molar-refractivity contribution in [3.63, 3.8) is 0 Å². The molecule has 2 fully saturated rings. The van der Waals surface area contributed by atoms with Crippen LogP contribution in [0.2, 0.25) is 0 Å². The van der Waals surface area contributed by atoms with Gasteiger partial charge in [-0.2, -0.15) is 0 Å². The molecule has 0 unspecified atom stereocenters. The van der Waals surface area contributed by atoms with Crippen molar-refractivity contribution in [2.75, 3.05) is 63.1 Å². The Kier molecular flexibility index (Phi) is 10.2. The summed E-state index contributed by atoms with van der Waals surface area (Å²) in [5, 5.41) is 14.5. The minimum atomic E-state index is -0.446. The number of ether oxygens (including phenoxy) is 1. The maximum atomic E-state index is 12.9. The lowest BCUT2D eigenvalue weighted by molar-refractivity contribution is -0.385. The van der Waals surface area contributed by atoms with E-state index >= 15 is 0 Å². The van der Waals surface area contributed by atoms with Gasteiger partial charge in [-0.05, 0) is 42.0 Å². The lowest BCUT2D eigenvalue weighted by Gasteiger charge is -2.37. The van der Waals surface area contributed by atoms with Gasteiger partial charge in [0.2, 0.25) is 5.91 Å². The highest BCUT2D eigenvalue weighted by Gasteiger charge is 2.25. The summed E-state index contributed by atoms with van der Waals surface area (Å²) in [5.41, 5.74) is 3.54. The number of likely N-dealkylation sites (tertiary alicyclic amines) is 1. The van der Waals surface area contributed by atoms with Crippen LogP contribution in [0.1, 0.15) is 53.0 Å². The van der Waals surface area contributed by atoms with Crippen molar-refractivity contribution >= 4 is 23.0 Å². The normalized spacial score (nSPS) is 16.9. The van der Waals surface area contributed by atoms with Gasteiger partial charge in [0, 0.05) is 81.8 Å². The van der Waals surface area contributed by atoms with Crippen molar-refractivity contribution in [3.8, 4) is 5.75 Å². The fourth-order valence-electron chi connectivity index (χ4n) is 5.24. The topological polar surface area (TPSA) is 91.2 Å². The van der Waals surface area contributed by atoms with E-state index in [4.69, 9.17) is 4.74 Å². The standard InChI is InChI=1S/C29H41N5O4.CH4/c1-29(2,3)22-5-8-25(9-6-22)32-19-17-31(18-20-32)14-13-28(35)33-15-11-23(12-16-33)30-24-7-10-26(34(36)37)27(21-24)38-4;/h5-10,21,23,30H,11-20H2,1-4H3;1H4. The molecule has 1 N–H and O–H groups in total. The number of piperidine rings is 1. The summed E-state index contributed by atoms with van der Waals surface area (Å²) < 4.78 is 5.16. The van der Waals surface area contributed by atoms with Crippen LogP contribution in [-0.2, 0) is 10.2 Å². The van der Waals surface area contributed by atoms with Crippen LogP contribution in [-0.4, -0.2) is 79.6 Å². The van der Waals surface area contributed by atoms with Gasteiger partial charge in [0.05, 0.1) is 12.0 Å². The Labute approximate surface area is 233 Å². The molecule has 0 spiro atoms. The number of carbonyl (C=O) groups excluding carboxylic acids is 1. The minimum Gasteiger partial charge on any atom is -0.490 e. The summed E-state index contributed by atoms with van der Waals surface area (Å²) in [5.74, 6) is 0.465. The third-order valence-corrected chi connectivity index (χ3v) is 7.71. The monoisotopic (exact) mass is 539 g/mol. The summed E-state index contributed by atoms with van der Waals surface area (Å²) in [6, 6.07) is 14.0. The number of nitro benzene ring substituents is 1. The smallest absolute Gasteiger partial charge is 0.311 e. The second kappa shape index (κ2) is 13.2. The molecule has 9 heteroatoms. The Morgan fingerprint density at radius 3 is 2.23 bits per heavy atom. The second-order valence-electron chi connectivity index (χ2n) is 11.3. The lowest BCUT2D eigenvalue weighted by Crippen LogP contribution is -2.48. The van der Waals surface area contributed by atoms with Gasteiger partial charge in [-0.1, -0.05) is 40.3 Å². The van der Waals surface area contributed by atoms with E-state index in [2.05, 4.69) is 60.2 Å². The molecular formula is C30H45N5O4. The van der Waals surface area contributed by atoms with E-state index in [1.165, 1.54) is 24.4 Å². The number of amides is 1. The fourth-order valence-corrected chi connectivity index (χ4v) is 5.24. The molecule has 0 bridgehead atoms. The van der Waals surface area contributed by atoms with Crippen molar-refractivity contribution in [3.05, 3.63) is 58.1 Å². The zero-order valence-electron chi connectivity index (χ0n) is 23.1. The molecule has 0 radical (unpaired) electrons. The number of anilines is 2. The van der Waals surface area contributed by atoms with Gasteiger partial charge in [-0.3, -0.25) is 19.8 Å². The molecule has 2 aliphatic rings. The molecule has 0 aliphatic carbocycles. The number of methoxy groups -OCH3 is 1. The molecule has 214 valence electrons. The minimum absolute atomic E-state index is 0. The zero-order chi connectivity index (χ0) is 27.3. The van der Waals surface area contributed by atoms with E-state index in [1.807, 2.05) is 4.90 Å². The molecule has 2 aromatic carbocycles. The summed E-state index contributed by atoms with van der Waals surface area (Å²) in [6.45, 7) is 12.9. The van der Waals surface area contributed by atoms with Crippen molar-refractivity contribution in [2.45, 2.75) is 58.9 Å². The summed E-state index contributed by atoms with van der Waals surface area (Å²) in [7, 11) is 1.43. The largest absolute Gasteiger partial charge is 0.490 e. The van der Waals surface area contributed by atoms with Gasteiger partial charge >= 0.3 is 5.69 Å². The molecule has 0 aromatic heterocycles. The molecular weight excluding hydrogens is 494 g/mol. The van der Waals surface area contributed by atoms with Crippen LogP contribution in [0.15, 0.2) is 42.5 Å². The maximum Gasteiger partial charge on any atom is 0.311 e. The first-order valence-electron chi connectivity index (χ1n) is 13.6. The first-order chi connectivity index (χ1) is 18.1. The molecule has 9 nitrogen and oxygen atoms in total. The summed E-state index contributed by atoms with van der Waals surface area (Å²) >= 11 is 0. The van der Waals surface area contributed by atoms with Gasteiger partial charge in [0.25, 0.3) is 0 Å². The van der Waals surface area contributed by atoms with Crippen LogP contribution in [0, 0.1) is 10.1 Å². The first-order valence-corrected chi connectivity index (χ1v) is 13.6. The Bertz CT molecular complexity index is 1100. The molecule has 0 saturated carbocycles. The highest BCUT2D eigenvalue weighted by molar-refractivity contribution is 5.76. The number of piperazine rings is 1. The molecule has 0 atom stereocenters.